The molecule has 0 amide bonds. The summed E-state index contributed by atoms with van der Waals surface area (Å²) in [6.07, 6.45) is 3.28. The second-order valence-corrected chi connectivity index (χ2v) is 5.41. The molecule has 0 radical (unpaired) electrons. The molecule has 1 aromatic heterocycles. The first-order valence-corrected chi connectivity index (χ1v) is 6.49. The fraction of sp³-hybridized carbons (Fsp3) is 0.545. The number of esters is 1. The van der Waals surface area contributed by atoms with Crippen LogP contribution in [0.5, 0.6) is 0 Å². The van der Waals surface area contributed by atoms with E-state index >= 15 is 0 Å². The third-order valence-electron chi connectivity index (χ3n) is 2.45. The van der Waals surface area contributed by atoms with Crippen LogP contribution in [0.25, 0.3) is 0 Å². The van der Waals surface area contributed by atoms with Crippen molar-refractivity contribution in [3.63, 3.8) is 0 Å². The van der Waals surface area contributed by atoms with Gasteiger partial charge in [0.15, 0.2) is 0 Å². The minimum Gasteiger partial charge on any atom is -0.459 e. The third kappa shape index (κ3) is 3.20. The molecule has 0 saturated carbocycles. The van der Waals surface area contributed by atoms with E-state index in [-0.39, 0.29) is 12.1 Å². The fourth-order valence-corrected chi connectivity index (χ4v) is 2.54. The van der Waals surface area contributed by atoms with E-state index in [1.807, 2.05) is 0 Å². The van der Waals surface area contributed by atoms with Crippen LogP contribution >= 0.6 is 22.9 Å². The van der Waals surface area contributed by atoms with Crippen molar-refractivity contribution in [2.45, 2.75) is 25.4 Å². The third-order valence-corrected chi connectivity index (χ3v) is 3.66. The van der Waals surface area contributed by atoms with E-state index in [0.29, 0.717) is 15.8 Å². The molecule has 0 aliphatic carbocycles. The predicted octanol–water partition coefficient (Wildman–Crippen LogP) is 3.13. The largest absolute Gasteiger partial charge is 0.459 e. The van der Waals surface area contributed by atoms with Crippen molar-refractivity contribution < 1.29 is 14.3 Å². The summed E-state index contributed by atoms with van der Waals surface area (Å²) >= 11 is 6.97. The van der Waals surface area contributed by atoms with Crippen molar-refractivity contribution in [1.29, 1.82) is 0 Å². The first-order valence-electron chi connectivity index (χ1n) is 5.30. The molecule has 0 N–H and O–H groups in total. The van der Waals surface area contributed by atoms with Crippen LogP contribution in [-0.4, -0.2) is 25.3 Å². The highest BCUT2D eigenvalue weighted by molar-refractivity contribution is 7.17. The Morgan fingerprint density at radius 1 is 1.56 bits per heavy atom. The minimum absolute atomic E-state index is 0.0631. The molecule has 1 atom stereocenters. The van der Waals surface area contributed by atoms with Gasteiger partial charge in [0.05, 0.1) is 10.4 Å². The van der Waals surface area contributed by atoms with Gasteiger partial charge in [-0.3, -0.25) is 0 Å². The smallest absolute Gasteiger partial charge is 0.348 e. The van der Waals surface area contributed by atoms with Crippen LogP contribution in [0.4, 0.5) is 0 Å². The van der Waals surface area contributed by atoms with Crippen molar-refractivity contribution in [3.8, 4) is 0 Å². The molecule has 16 heavy (non-hydrogen) atoms. The molecule has 1 unspecified atom stereocenters. The van der Waals surface area contributed by atoms with Gasteiger partial charge in [-0.25, -0.2) is 4.79 Å². The summed E-state index contributed by atoms with van der Waals surface area (Å²) in [6.45, 7) is 1.11. The molecule has 1 fully saturated rings. The standard InChI is InChI=1S/C11H13ClO3S/c12-10-5-4-9(16-10)11(13)15-7-8-3-1-2-6-14-8/h4-5,8H,1-3,6-7H2. The van der Waals surface area contributed by atoms with Crippen LogP contribution < -0.4 is 0 Å². The van der Waals surface area contributed by atoms with Crippen molar-refractivity contribution in [2.24, 2.45) is 0 Å². The molecular formula is C11H13ClO3S. The van der Waals surface area contributed by atoms with E-state index in [0.717, 1.165) is 25.9 Å². The molecule has 88 valence electrons. The van der Waals surface area contributed by atoms with Gasteiger partial charge in [0.2, 0.25) is 0 Å². The number of thiophene rings is 1. The van der Waals surface area contributed by atoms with Crippen LogP contribution in [0.2, 0.25) is 4.34 Å². The SMILES string of the molecule is O=C(OCC1CCCCO1)c1ccc(Cl)s1. The minimum atomic E-state index is -0.314. The molecule has 0 bridgehead atoms. The lowest BCUT2D eigenvalue weighted by molar-refractivity contribution is -0.0298. The molecular weight excluding hydrogens is 248 g/mol. The second kappa shape index (κ2) is 5.66. The molecule has 3 nitrogen and oxygen atoms in total. The zero-order valence-corrected chi connectivity index (χ0v) is 10.4. The summed E-state index contributed by atoms with van der Waals surface area (Å²) in [6, 6.07) is 3.37. The lowest BCUT2D eigenvalue weighted by atomic mass is 10.1. The van der Waals surface area contributed by atoms with E-state index in [9.17, 15) is 4.79 Å². The maximum atomic E-state index is 11.6. The highest BCUT2D eigenvalue weighted by Crippen LogP contribution is 2.22. The summed E-state index contributed by atoms with van der Waals surface area (Å²) in [5.74, 6) is -0.314. The van der Waals surface area contributed by atoms with E-state index < -0.39 is 0 Å². The Bertz CT molecular complexity index is 358. The monoisotopic (exact) mass is 260 g/mol. The molecule has 0 spiro atoms. The van der Waals surface area contributed by atoms with Crippen LogP contribution in [0.15, 0.2) is 12.1 Å². The van der Waals surface area contributed by atoms with E-state index in [4.69, 9.17) is 21.1 Å². The van der Waals surface area contributed by atoms with Crippen molar-refractivity contribution in [2.75, 3.05) is 13.2 Å². The molecule has 2 heterocycles. The van der Waals surface area contributed by atoms with E-state index in [2.05, 4.69) is 0 Å². The zero-order valence-electron chi connectivity index (χ0n) is 8.78. The van der Waals surface area contributed by atoms with Crippen molar-refractivity contribution in [3.05, 3.63) is 21.3 Å². The number of ether oxygens (including phenoxy) is 2. The van der Waals surface area contributed by atoms with Gasteiger partial charge in [0.1, 0.15) is 11.5 Å². The lowest BCUT2D eigenvalue weighted by Crippen LogP contribution is -2.25. The summed E-state index contributed by atoms with van der Waals surface area (Å²) < 4.78 is 11.2. The van der Waals surface area contributed by atoms with Gasteiger partial charge >= 0.3 is 5.97 Å². The van der Waals surface area contributed by atoms with Gasteiger partial charge < -0.3 is 9.47 Å². The average Bonchev–Trinajstić information content (AvgIpc) is 2.74. The Balaban J connectivity index is 1.79. The van der Waals surface area contributed by atoms with Crippen molar-refractivity contribution >= 4 is 28.9 Å². The second-order valence-electron chi connectivity index (χ2n) is 3.69. The maximum Gasteiger partial charge on any atom is 0.348 e. The number of halogens is 1. The first kappa shape index (κ1) is 11.9. The maximum absolute atomic E-state index is 11.6. The highest BCUT2D eigenvalue weighted by atomic mass is 35.5. The van der Waals surface area contributed by atoms with Gasteiger partial charge in [-0.15, -0.1) is 11.3 Å². The Morgan fingerprint density at radius 3 is 3.06 bits per heavy atom. The zero-order chi connectivity index (χ0) is 11.4. The number of hydrogen-bond acceptors (Lipinski definition) is 4. The van der Waals surface area contributed by atoms with Crippen LogP contribution in [0.3, 0.4) is 0 Å². The van der Waals surface area contributed by atoms with Gasteiger partial charge in [-0.2, -0.15) is 0 Å². The topological polar surface area (TPSA) is 35.5 Å². The lowest BCUT2D eigenvalue weighted by Gasteiger charge is -2.21. The molecule has 1 aliphatic rings. The Kier molecular flexibility index (Phi) is 4.21. The van der Waals surface area contributed by atoms with Gasteiger partial charge in [-0.05, 0) is 31.4 Å². The Morgan fingerprint density at radius 2 is 2.44 bits per heavy atom. The van der Waals surface area contributed by atoms with Crippen LogP contribution in [0.1, 0.15) is 28.9 Å². The summed E-state index contributed by atoms with van der Waals surface area (Å²) in [5, 5.41) is 0. The number of carbonyl (C=O) groups is 1. The summed E-state index contributed by atoms with van der Waals surface area (Å²) in [4.78, 5) is 12.1. The quantitative estimate of drug-likeness (QED) is 0.784. The molecule has 0 aromatic carbocycles. The van der Waals surface area contributed by atoms with E-state index in [1.54, 1.807) is 12.1 Å². The fourth-order valence-electron chi connectivity index (χ4n) is 1.60. The molecule has 2 rings (SSSR count). The molecule has 1 aromatic rings. The van der Waals surface area contributed by atoms with Crippen molar-refractivity contribution in [1.82, 2.24) is 0 Å². The number of hydrogen-bond donors (Lipinski definition) is 0. The molecule has 1 saturated heterocycles. The Hall–Kier alpha value is -0.580. The summed E-state index contributed by atoms with van der Waals surface area (Å²) in [7, 11) is 0. The number of carbonyl (C=O) groups excluding carboxylic acids is 1. The molecule has 1 aliphatic heterocycles. The summed E-state index contributed by atoms with van der Waals surface area (Å²) in [5.41, 5.74) is 0. The average molecular weight is 261 g/mol. The number of rotatable bonds is 3. The predicted molar refractivity (Wildman–Crippen MR) is 63.2 cm³/mol. The van der Waals surface area contributed by atoms with Gasteiger partial charge in [-0.1, -0.05) is 11.6 Å². The molecule has 5 heteroatoms. The van der Waals surface area contributed by atoms with Crippen LogP contribution in [-0.2, 0) is 9.47 Å². The van der Waals surface area contributed by atoms with E-state index in [1.165, 1.54) is 11.3 Å². The normalized spacial score (nSPS) is 20.7. The first-order chi connectivity index (χ1) is 7.75. The Labute approximate surface area is 103 Å². The highest BCUT2D eigenvalue weighted by Gasteiger charge is 2.17. The van der Waals surface area contributed by atoms with Crippen LogP contribution in [0, 0.1) is 0 Å². The van der Waals surface area contributed by atoms with Gasteiger partial charge in [0.25, 0.3) is 0 Å². The van der Waals surface area contributed by atoms with Gasteiger partial charge in [0, 0.05) is 6.61 Å².